The maximum Gasteiger partial charge on any atom is 0.227 e. The van der Waals surface area contributed by atoms with Crippen molar-refractivity contribution in [2.45, 2.75) is 51.5 Å². The molecule has 104 valence electrons. The van der Waals surface area contributed by atoms with Gasteiger partial charge in [-0.3, -0.25) is 4.79 Å². The summed E-state index contributed by atoms with van der Waals surface area (Å²) in [7, 11) is 1.80. The molecule has 4 aliphatic carbocycles. The summed E-state index contributed by atoms with van der Waals surface area (Å²) >= 11 is 0. The molecule has 0 N–H and O–H groups in total. The van der Waals surface area contributed by atoms with Crippen LogP contribution in [-0.2, 0) is 4.79 Å². The Balaban J connectivity index is 1.80. The summed E-state index contributed by atoms with van der Waals surface area (Å²) in [5.41, 5.74) is -0.689. The minimum atomic E-state index is -0.689. The smallest absolute Gasteiger partial charge is 0.227 e. The van der Waals surface area contributed by atoms with E-state index in [0.29, 0.717) is 11.8 Å². The fraction of sp³-hybridized carbons (Fsp3) is 0.875. The van der Waals surface area contributed by atoms with Gasteiger partial charge in [-0.25, -0.2) is 0 Å². The lowest BCUT2D eigenvalue weighted by Crippen LogP contribution is -2.54. The van der Waals surface area contributed by atoms with Crippen LogP contribution in [0.15, 0.2) is 0 Å². The molecule has 19 heavy (non-hydrogen) atoms. The average Bonchev–Trinajstić information content (AvgIpc) is 2.36. The van der Waals surface area contributed by atoms with Gasteiger partial charge in [-0.05, 0) is 69.6 Å². The fourth-order valence-corrected chi connectivity index (χ4v) is 4.90. The van der Waals surface area contributed by atoms with Crippen LogP contribution in [0.5, 0.6) is 0 Å². The Bertz CT molecular complexity index is 407. The molecule has 0 radical (unpaired) electrons. The Hall–Kier alpha value is -1.04. The monoisotopic (exact) mass is 260 g/mol. The fourth-order valence-electron chi connectivity index (χ4n) is 4.90. The Morgan fingerprint density at radius 2 is 1.58 bits per heavy atom. The Morgan fingerprint density at radius 1 is 1.11 bits per heavy atom. The van der Waals surface area contributed by atoms with E-state index in [1.54, 1.807) is 11.9 Å². The van der Waals surface area contributed by atoms with Crippen molar-refractivity contribution in [2.75, 3.05) is 7.05 Å². The molecule has 0 heterocycles. The molecule has 0 spiro atoms. The van der Waals surface area contributed by atoms with E-state index in [4.69, 9.17) is 0 Å². The summed E-state index contributed by atoms with van der Waals surface area (Å²) in [4.78, 5) is 14.5. The number of nitriles is 1. The van der Waals surface area contributed by atoms with Gasteiger partial charge < -0.3 is 4.90 Å². The predicted molar refractivity (Wildman–Crippen MR) is 73.0 cm³/mol. The first-order valence-corrected chi connectivity index (χ1v) is 7.61. The van der Waals surface area contributed by atoms with Crippen LogP contribution < -0.4 is 0 Å². The lowest BCUT2D eigenvalue weighted by atomic mass is 9.51. The number of hydrogen-bond acceptors (Lipinski definition) is 2. The third-order valence-corrected chi connectivity index (χ3v) is 5.95. The van der Waals surface area contributed by atoms with Crippen molar-refractivity contribution in [3.63, 3.8) is 0 Å². The number of amides is 1. The standard InChI is InChI=1S/C16H24N2O/c1-16(2,9-17)18(3)15(19)14-12-5-10-4-11(7-12)8-13(14)6-10/h10-14H,4-8H2,1-3H3. The second-order valence-corrected chi connectivity index (χ2v) is 7.52. The van der Waals surface area contributed by atoms with Crippen LogP contribution in [0.2, 0.25) is 0 Å². The van der Waals surface area contributed by atoms with Gasteiger partial charge in [0.1, 0.15) is 5.54 Å². The van der Waals surface area contributed by atoms with Crippen molar-refractivity contribution in [2.24, 2.45) is 29.6 Å². The van der Waals surface area contributed by atoms with E-state index in [0.717, 1.165) is 11.8 Å². The summed E-state index contributed by atoms with van der Waals surface area (Å²) in [6, 6.07) is 2.25. The predicted octanol–water partition coefficient (Wildman–Crippen LogP) is 2.82. The molecule has 0 saturated heterocycles. The lowest BCUT2D eigenvalue weighted by Gasteiger charge is -2.54. The van der Waals surface area contributed by atoms with Crippen LogP contribution in [0.1, 0.15) is 46.0 Å². The zero-order valence-corrected chi connectivity index (χ0v) is 12.2. The van der Waals surface area contributed by atoms with E-state index in [1.807, 2.05) is 13.8 Å². The highest BCUT2D eigenvalue weighted by atomic mass is 16.2. The molecule has 4 aliphatic rings. The minimum Gasteiger partial charge on any atom is -0.327 e. The van der Waals surface area contributed by atoms with Crippen molar-refractivity contribution >= 4 is 5.91 Å². The van der Waals surface area contributed by atoms with E-state index >= 15 is 0 Å². The van der Waals surface area contributed by atoms with Crippen LogP contribution in [0.3, 0.4) is 0 Å². The number of carbonyl (C=O) groups excluding carboxylic acids is 1. The Kier molecular flexibility index (Phi) is 2.89. The zero-order valence-electron chi connectivity index (χ0n) is 12.2. The molecule has 1 amide bonds. The largest absolute Gasteiger partial charge is 0.327 e. The number of nitrogens with zero attached hydrogens (tertiary/aromatic N) is 2. The maximum absolute atomic E-state index is 12.8. The molecule has 4 bridgehead atoms. The van der Waals surface area contributed by atoms with Gasteiger partial charge in [0.25, 0.3) is 0 Å². The molecule has 0 aliphatic heterocycles. The molecular weight excluding hydrogens is 236 g/mol. The first-order chi connectivity index (χ1) is 8.92. The zero-order chi connectivity index (χ0) is 13.8. The van der Waals surface area contributed by atoms with Gasteiger partial charge in [0.2, 0.25) is 5.91 Å². The Labute approximate surface area is 116 Å². The maximum atomic E-state index is 12.8. The molecule has 4 fully saturated rings. The molecule has 0 aromatic rings. The number of hydrogen-bond donors (Lipinski definition) is 0. The quantitative estimate of drug-likeness (QED) is 0.766. The van der Waals surface area contributed by atoms with Gasteiger partial charge >= 0.3 is 0 Å². The van der Waals surface area contributed by atoms with Gasteiger partial charge in [-0.15, -0.1) is 0 Å². The van der Waals surface area contributed by atoms with E-state index in [2.05, 4.69) is 6.07 Å². The van der Waals surface area contributed by atoms with Crippen LogP contribution >= 0.6 is 0 Å². The van der Waals surface area contributed by atoms with Gasteiger partial charge in [0, 0.05) is 13.0 Å². The summed E-state index contributed by atoms with van der Waals surface area (Å²) in [5.74, 6) is 3.40. The molecule has 0 aromatic carbocycles. The van der Waals surface area contributed by atoms with Crippen LogP contribution in [0.4, 0.5) is 0 Å². The van der Waals surface area contributed by atoms with Crippen LogP contribution in [0, 0.1) is 40.9 Å². The average molecular weight is 260 g/mol. The molecule has 0 unspecified atom stereocenters. The third-order valence-electron chi connectivity index (χ3n) is 5.95. The highest BCUT2D eigenvalue weighted by molar-refractivity contribution is 5.80. The molecule has 3 nitrogen and oxygen atoms in total. The molecule has 3 heteroatoms. The summed E-state index contributed by atoms with van der Waals surface area (Å²) in [5, 5.41) is 9.22. The number of rotatable bonds is 2. The molecular formula is C16H24N2O. The van der Waals surface area contributed by atoms with Crippen molar-refractivity contribution in [3.8, 4) is 6.07 Å². The molecule has 4 rings (SSSR count). The van der Waals surface area contributed by atoms with E-state index in [-0.39, 0.29) is 11.8 Å². The second kappa shape index (κ2) is 4.23. The first-order valence-electron chi connectivity index (χ1n) is 7.61. The van der Waals surface area contributed by atoms with Gasteiger partial charge in [0.15, 0.2) is 0 Å². The van der Waals surface area contributed by atoms with Crippen molar-refractivity contribution < 1.29 is 4.79 Å². The third kappa shape index (κ3) is 1.96. The van der Waals surface area contributed by atoms with E-state index < -0.39 is 5.54 Å². The van der Waals surface area contributed by atoms with Gasteiger partial charge in [-0.2, -0.15) is 5.26 Å². The number of carbonyl (C=O) groups is 1. The van der Waals surface area contributed by atoms with Gasteiger partial charge in [-0.1, -0.05) is 0 Å². The summed E-state index contributed by atoms with van der Waals surface area (Å²) < 4.78 is 0. The second-order valence-electron chi connectivity index (χ2n) is 7.52. The summed E-state index contributed by atoms with van der Waals surface area (Å²) in [6.45, 7) is 3.67. The van der Waals surface area contributed by atoms with E-state index in [9.17, 15) is 10.1 Å². The minimum absolute atomic E-state index is 0.199. The normalized spacial score (nSPS) is 40.0. The molecule has 4 saturated carbocycles. The van der Waals surface area contributed by atoms with Crippen LogP contribution in [0.25, 0.3) is 0 Å². The molecule has 0 atom stereocenters. The van der Waals surface area contributed by atoms with Crippen molar-refractivity contribution in [1.29, 1.82) is 5.26 Å². The highest BCUT2D eigenvalue weighted by Crippen LogP contribution is 2.57. The van der Waals surface area contributed by atoms with E-state index in [1.165, 1.54) is 32.1 Å². The van der Waals surface area contributed by atoms with Crippen LogP contribution in [-0.4, -0.2) is 23.4 Å². The Morgan fingerprint density at radius 3 is 2.00 bits per heavy atom. The SMILES string of the molecule is CN(C(=O)C1C2CC3CC(C2)CC1C3)C(C)(C)C#N. The first kappa shape index (κ1) is 13.0. The summed E-state index contributed by atoms with van der Waals surface area (Å²) in [6.07, 6.45) is 6.43. The van der Waals surface area contributed by atoms with Crippen molar-refractivity contribution in [1.82, 2.24) is 4.90 Å². The van der Waals surface area contributed by atoms with Crippen molar-refractivity contribution in [3.05, 3.63) is 0 Å². The highest BCUT2D eigenvalue weighted by Gasteiger charge is 2.52. The topological polar surface area (TPSA) is 44.1 Å². The lowest BCUT2D eigenvalue weighted by molar-refractivity contribution is -0.151. The van der Waals surface area contributed by atoms with Gasteiger partial charge in [0.05, 0.1) is 6.07 Å². The molecule has 0 aromatic heterocycles.